The van der Waals surface area contributed by atoms with Crippen molar-refractivity contribution in [1.29, 1.82) is 5.26 Å². The van der Waals surface area contributed by atoms with Crippen LogP contribution in [0.4, 0.5) is 5.13 Å². The van der Waals surface area contributed by atoms with E-state index in [-0.39, 0.29) is 12.5 Å². The Hall–Kier alpha value is -2.88. The van der Waals surface area contributed by atoms with Gasteiger partial charge in [-0.25, -0.2) is 4.98 Å². The monoisotopic (exact) mass is 369 g/mol. The highest BCUT2D eigenvalue weighted by molar-refractivity contribution is 7.14. The van der Waals surface area contributed by atoms with Crippen molar-refractivity contribution in [3.63, 3.8) is 0 Å². The number of hydrogen-bond donors (Lipinski definition) is 1. The fourth-order valence-electron chi connectivity index (χ4n) is 2.07. The van der Waals surface area contributed by atoms with Crippen LogP contribution in [0.5, 0.6) is 5.75 Å². The summed E-state index contributed by atoms with van der Waals surface area (Å²) in [5, 5.41) is 14.7. The number of nitriles is 1. The van der Waals surface area contributed by atoms with Crippen molar-refractivity contribution >= 4 is 34.0 Å². The average Bonchev–Trinajstić information content (AvgIpc) is 3.09. The van der Waals surface area contributed by atoms with Crippen LogP contribution >= 0.6 is 22.9 Å². The van der Waals surface area contributed by atoms with Gasteiger partial charge in [0.2, 0.25) is 0 Å². The quantitative estimate of drug-likeness (QED) is 0.725. The zero-order chi connectivity index (χ0) is 17.6. The largest absolute Gasteiger partial charge is 0.482 e. The molecular weight excluding hydrogens is 358 g/mol. The summed E-state index contributed by atoms with van der Waals surface area (Å²) in [6, 6.07) is 16.1. The summed E-state index contributed by atoms with van der Waals surface area (Å²) in [6.45, 7) is -0.200. The van der Waals surface area contributed by atoms with E-state index in [4.69, 9.17) is 21.6 Å². The van der Waals surface area contributed by atoms with Gasteiger partial charge in [-0.05, 0) is 24.3 Å². The number of benzene rings is 2. The number of nitrogens with zero attached hydrogens (tertiary/aromatic N) is 2. The molecule has 2 aromatic carbocycles. The molecule has 25 heavy (non-hydrogen) atoms. The summed E-state index contributed by atoms with van der Waals surface area (Å²) in [5.41, 5.74) is 2.06. The van der Waals surface area contributed by atoms with Gasteiger partial charge >= 0.3 is 0 Å². The molecule has 1 N–H and O–H groups in total. The Bertz CT molecular complexity index is 932. The van der Waals surface area contributed by atoms with Crippen LogP contribution in [0.15, 0.2) is 53.9 Å². The van der Waals surface area contributed by atoms with Gasteiger partial charge in [0.1, 0.15) is 11.8 Å². The predicted molar refractivity (Wildman–Crippen MR) is 97.8 cm³/mol. The molecule has 5 nitrogen and oxygen atoms in total. The number of rotatable bonds is 5. The first kappa shape index (κ1) is 17.0. The van der Waals surface area contributed by atoms with Crippen molar-refractivity contribution in [2.24, 2.45) is 0 Å². The molecule has 3 aromatic rings. The number of nitrogens with one attached hydrogen (secondary N) is 1. The Balaban J connectivity index is 1.60. The second kappa shape index (κ2) is 7.79. The van der Waals surface area contributed by atoms with Crippen LogP contribution in [0.2, 0.25) is 5.02 Å². The number of aromatic nitrogens is 1. The van der Waals surface area contributed by atoms with Crippen LogP contribution in [0, 0.1) is 11.3 Å². The molecule has 1 heterocycles. The van der Waals surface area contributed by atoms with Crippen LogP contribution in [-0.2, 0) is 4.79 Å². The van der Waals surface area contributed by atoms with Crippen LogP contribution in [0.25, 0.3) is 11.3 Å². The highest BCUT2D eigenvalue weighted by Crippen LogP contribution is 2.26. The van der Waals surface area contributed by atoms with Crippen molar-refractivity contribution in [3.8, 4) is 23.1 Å². The number of anilines is 1. The molecule has 0 aliphatic rings. The molecule has 0 bridgehead atoms. The van der Waals surface area contributed by atoms with E-state index in [2.05, 4.69) is 10.3 Å². The van der Waals surface area contributed by atoms with Gasteiger partial charge in [0, 0.05) is 16.0 Å². The summed E-state index contributed by atoms with van der Waals surface area (Å²) in [6.07, 6.45) is 0. The molecule has 124 valence electrons. The second-order valence-electron chi connectivity index (χ2n) is 4.99. The van der Waals surface area contributed by atoms with E-state index in [1.807, 2.05) is 23.6 Å². The average molecular weight is 370 g/mol. The molecule has 0 radical (unpaired) electrons. The lowest BCUT2D eigenvalue weighted by Gasteiger charge is -2.06. The van der Waals surface area contributed by atoms with Crippen LogP contribution < -0.4 is 10.1 Å². The number of ether oxygens (including phenoxy) is 1. The Morgan fingerprint density at radius 3 is 2.76 bits per heavy atom. The van der Waals surface area contributed by atoms with Crippen LogP contribution in [-0.4, -0.2) is 17.5 Å². The minimum atomic E-state index is -0.343. The molecule has 0 spiro atoms. The Morgan fingerprint density at radius 2 is 2.00 bits per heavy atom. The maximum Gasteiger partial charge on any atom is 0.264 e. The number of carbonyl (C=O) groups excluding carboxylic acids is 1. The first-order chi connectivity index (χ1) is 12.2. The molecule has 3 rings (SSSR count). The van der Waals surface area contributed by atoms with Crippen molar-refractivity contribution in [2.45, 2.75) is 0 Å². The second-order valence-corrected chi connectivity index (χ2v) is 6.28. The maximum absolute atomic E-state index is 12.0. The number of amides is 1. The minimum Gasteiger partial charge on any atom is -0.482 e. The number of halogens is 1. The van der Waals surface area contributed by atoms with Gasteiger partial charge in [-0.15, -0.1) is 11.3 Å². The predicted octanol–water partition coefficient (Wildman–Crippen LogP) is 4.35. The van der Waals surface area contributed by atoms with Gasteiger partial charge in [-0.3, -0.25) is 10.1 Å². The van der Waals surface area contributed by atoms with Crippen molar-refractivity contribution in [1.82, 2.24) is 4.98 Å². The normalized spacial score (nSPS) is 10.1. The number of para-hydroxylation sites is 1. The van der Waals surface area contributed by atoms with Gasteiger partial charge in [0.05, 0.1) is 11.3 Å². The minimum absolute atomic E-state index is 0.200. The zero-order valence-corrected chi connectivity index (χ0v) is 14.5. The number of carbonyl (C=O) groups is 1. The van der Waals surface area contributed by atoms with E-state index < -0.39 is 0 Å². The molecular formula is C18H12ClN3O2S. The van der Waals surface area contributed by atoms with Crippen molar-refractivity contribution in [2.75, 3.05) is 11.9 Å². The van der Waals surface area contributed by atoms with Gasteiger partial charge in [0.25, 0.3) is 5.91 Å². The molecule has 1 amide bonds. The lowest BCUT2D eigenvalue weighted by molar-refractivity contribution is -0.118. The summed E-state index contributed by atoms with van der Waals surface area (Å²) < 4.78 is 5.39. The number of thiazole rings is 1. The van der Waals surface area contributed by atoms with E-state index in [1.165, 1.54) is 11.3 Å². The van der Waals surface area contributed by atoms with E-state index in [1.54, 1.807) is 36.4 Å². The topological polar surface area (TPSA) is 75.0 Å². The lowest BCUT2D eigenvalue weighted by Crippen LogP contribution is -2.20. The third kappa shape index (κ3) is 4.35. The van der Waals surface area contributed by atoms with Gasteiger partial charge in [-0.1, -0.05) is 35.9 Å². The molecule has 0 aliphatic heterocycles. The molecule has 0 atom stereocenters. The van der Waals surface area contributed by atoms with Crippen LogP contribution in [0.3, 0.4) is 0 Å². The van der Waals surface area contributed by atoms with E-state index in [0.717, 1.165) is 11.3 Å². The molecule has 0 aliphatic carbocycles. The number of hydrogen-bond acceptors (Lipinski definition) is 5. The van der Waals surface area contributed by atoms with Gasteiger partial charge in [-0.2, -0.15) is 5.26 Å². The zero-order valence-electron chi connectivity index (χ0n) is 12.9. The lowest BCUT2D eigenvalue weighted by atomic mass is 10.2. The first-order valence-electron chi connectivity index (χ1n) is 7.29. The first-order valence-corrected chi connectivity index (χ1v) is 8.55. The van der Waals surface area contributed by atoms with E-state index >= 15 is 0 Å². The summed E-state index contributed by atoms with van der Waals surface area (Å²) in [4.78, 5) is 16.4. The smallest absolute Gasteiger partial charge is 0.264 e. The molecule has 1 aromatic heterocycles. The Labute approximate surface area is 153 Å². The molecule has 0 saturated heterocycles. The third-order valence-corrected chi connectivity index (χ3v) is 4.27. The third-order valence-electron chi connectivity index (χ3n) is 3.26. The summed E-state index contributed by atoms with van der Waals surface area (Å²) in [5.74, 6) is 0.0332. The summed E-state index contributed by atoms with van der Waals surface area (Å²) >= 11 is 7.19. The Kier molecular flexibility index (Phi) is 5.29. The van der Waals surface area contributed by atoms with E-state index in [0.29, 0.717) is 21.5 Å². The van der Waals surface area contributed by atoms with Gasteiger partial charge < -0.3 is 4.74 Å². The van der Waals surface area contributed by atoms with Gasteiger partial charge in [0.15, 0.2) is 11.7 Å². The SMILES string of the molecule is N#Cc1ccccc1OCC(=O)Nc1nc(-c2ccc(Cl)cc2)cs1. The fraction of sp³-hybridized carbons (Fsp3) is 0.0556. The highest BCUT2D eigenvalue weighted by Gasteiger charge is 2.10. The van der Waals surface area contributed by atoms with Crippen LogP contribution in [0.1, 0.15) is 5.56 Å². The highest BCUT2D eigenvalue weighted by atomic mass is 35.5. The standard InChI is InChI=1S/C18H12ClN3O2S/c19-14-7-5-12(6-8-14)15-11-25-18(21-15)22-17(23)10-24-16-4-2-1-3-13(16)9-20/h1-8,11H,10H2,(H,21,22,23). The van der Waals surface area contributed by atoms with Crippen molar-refractivity contribution < 1.29 is 9.53 Å². The van der Waals surface area contributed by atoms with E-state index in [9.17, 15) is 4.79 Å². The van der Waals surface area contributed by atoms with Crippen molar-refractivity contribution in [3.05, 3.63) is 64.5 Å². The fourth-order valence-corrected chi connectivity index (χ4v) is 2.93. The summed E-state index contributed by atoms with van der Waals surface area (Å²) in [7, 11) is 0. The maximum atomic E-state index is 12.0. The molecule has 0 unspecified atom stereocenters. The Morgan fingerprint density at radius 1 is 1.24 bits per heavy atom. The molecule has 0 saturated carbocycles. The molecule has 7 heteroatoms. The molecule has 0 fully saturated rings.